The minimum absolute atomic E-state index is 0.138. The van der Waals surface area contributed by atoms with Gasteiger partial charge in [0.05, 0.1) is 6.61 Å². The summed E-state index contributed by atoms with van der Waals surface area (Å²) < 4.78 is 31.3. The van der Waals surface area contributed by atoms with E-state index in [-0.39, 0.29) is 6.61 Å². The van der Waals surface area contributed by atoms with Crippen LogP contribution in [0.3, 0.4) is 0 Å². The molecule has 0 aliphatic rings. The summed E-state index contributed by atoms with van der Waals surface area (Å²) in [6.45, 7) is 1.74. The van der Waals surface area contributed by atoms with Gasteiger partial charge in [-0.2, -0.15) is 0 Å². The van der Waals surface area contributed by atoms with E-state index in [1.165, 1.54) is 0 Å². The predicted octanol–water partition coefficient (Wildman–Crippen LogP) is 3.14. The first kappa shape index (κ1) is 12.2. The van der Waals surface area contributed by atoms with Crippen LogP contribution in [-0.2, 0) is 4.74 Å². The largest absolute Gasteiger partial charge is 0.450 e. The smallest absolute Gasteiger partial charge is 0.411 e. The van der Waals surface area contributed by atoms with Crippen LogP contribution >= 0.6 is 22.6 Å². The molecular weight excluding hydrogens is 319 g/mol. The van der Waals surface area contributed by atoms with Crippen molar-refractivity contribution in [3.63, 3.8) is 0 Å². The Kier molecular flexibility index (Phi) is 4.25. The molecule has 0 radical (unpaired) electrons. The Labute approximate surface area is 98.9 Å². The maximum absolute atomic E-state index is 13.2. The fourth-order valence-electron chi connectivity index (χ4n) is 0.931. The molecule has 0 saturated heterocycles. The van der Waals surface area contributed by atoms with Crippen molar-refractivity contribution < 1.29 is 18.3 Å². The summed E-state index contributed by atoms with van der Waals surface area (Å²) in [5.41, 5.74) is -0.492. The van der Waals surface area contributed by atoms with Crippen molar-refractivity contribution in [2.45, 2.75) is 6.92 Å². The first-order valence-electron chi connectivity index (χ1n) is 4.13. The molecule has 0 fully saturated rings. The quantitative estimate of drug-likeness (QED) is 0.848. The summed E-state index contributed by atoms with van der Waals surface area (Å²) in [7, 11) is 0. The van der Waals surface area contributed by atoms with Crippen molar-refractivity contribution in [2.75, 3.05) is 11.9 Å². The molecule has 1 aromatic carbocycles. The van der Waals surface area contributed by atoms with Crippen LogP contribution in [0.2, 0.25) is 0 Å². The lowest BCUT2D eigenvalue weighted by molar-refractivity contribution is 0.167. The highest BCUT2D eigenvalue weighted by Crippen LogP contribution is 2.21. The Morgan fingerprint density at radius 2 is 2.00 bits per heavy atom. The summed E-state index contributed by atoms with van der Waals surface area (Å²) in [5.74, 6) is -1.65. The molecule has 0 unspecified atom stereocenters. The molecule has 1 aromatic rings. The van der Waals surface area contributed by atoms with Crippen molar-refractivity contribution in [1.82, 2.24) is 0 Å². The molecule has 1 N–H and O–H groups in total. The Balaban J connectivity index is 2.90. The van der Waals surface area contributed by atoms with Crippen LogP contribution in [0.5, 0.6) is 0 Å². The molecule has 0 spiro atoms. The van der Waals surface area contributed by atoms with Crippen LogP contribution < -0.4 is 5.32 Å². The molecule has 0 heterocycles. The number of hydrogen-bond acceptors (Lipinski definition) is 2. The third kappa shape index (κ3) is 3.29. The number of ether oxygens (including phenoxy) is 1. The summed E-state index contributed by atoms with van der Waals surface area (Å²) in [6.07, 6.45) is -0.878. The van der Waals surface area contributed by atoms with E-state index in [2.05, 4.69) is 4.74 Å². The van der Waals surface area contributed by atoms with Gasteiger partial charge >= 0.3 is 6.09 Å². The lowest BCUT2D eigenvalue weighted by atomic mass is 10.3. The molecule has 82 valence electrons. The van der Waals surface area contributed by atoms with Crippen molar-refractivity contribution in [3.05, 3.63) is 27.3 Å². The summed E-state index contributed by atoms with van der Waals surface area (Å²) >= 11 is 1.77. The number of halogens is 3. The van der Waals surface area contributed by atoms with Crippen molar-refractivity contribution in [3.8, 4) is 0 Å². The molecule has 0 aliphatic heterocycles. The normalized spacial score (nSPS) is 9.87. The van der Waals surface area contributed by atoms with Gasteiger partial charge in [-0.3, -0.25) is 5.32 Å². The molecule has 0 saturated carbocycles. The van der Waals surface area contributed by atoms with E-state index in [0.717, 1.165) is 12.1 Å². The second-order valence-electron chi connectivity index (χ2n) is 2.59. The Morgan fingerprint density at radius 1 is 1.47 bits per heavy atom. The molecule has 1 amide bonds. The topological polar surface area (TPSA) is 38.3 Å². The summed E-state index contributed by atoms with van der Waals surface area (Å²) in [5, 5.41) is 1.99. The van der Waals surface area contributed by atoms with Crippen molar-refractivity contribution in [2.24, 2.45) is 0 Å². The Morgan fingerprint density at radius 3 is 2.47 bits per heavy atom. The van der Waals surface area contributed by atoms with E-state index < -0.39 is 23.4 Å². The second-order valence-corrected chi connectivity index (χ2v) is 3.84. The third-order valence-electron chi connectivity index (χ3n) is 1.51. The second kappa shape index (κ2) is 5.24. The molecule has 1 rings (SSSR count). The highest BCUT2D eigenvalue weighted by Gasteiger charge is 2.13. The number of benzene rings is 1. The highest BCUT2D eigenvalue weighted by molar-refractivity contribution is 14.1. The van der Waals surface area contributed by atoms with Gasteiger partial charge in [0.2, 0.25) is 0 Å². The van der Waals surface area contributed by atoms with Crippen LogP contribution in [0.4, 0.5) is 19.3 Å². The number of amides is 1. The number of rotatable bonds is 2. The molecule has 0 atom stereocenters. The maximum Gasteiger partial charge on any atom is 0.411 e. The summed E-state index contributed by atoms with van der Waals surface area (Å²) in [4.78, 5) is 10.9. The minimum atomic E-state index is -0.878. The number of nitrogens with one attached hydrogen (secondary N) is 1. The fourth-order valence-corrected chi connectivity index (χ4v) is 1.48. The molecule has 0 aliphatic carbocycles. The van der Waals surface area contributed by atoms with E-state index in [9.17, 15) is 13.6 Å². The minimum Gasteiger partial charge on any atom is -0.450 e. The zero-order chi connectivity index (χ0) is 11.4. The first-order chi connectivity index (χ1) is 7.04. The molecule has 6 heteroatoms. The van der Waals surface area contributed by atoms with E-state index >= 15 is 0 Å². The number of hydrogen-bond donors (Lipinski definition) is 1. The van der Waals surface area contributed by atoms with Gasteiger partial charge in [0.25, 0.3) is 0 Å². The zero-order valence-corrected chi connectivity index (χ0v) is 9.97. The van der Waals surface area contributed by atoms with Crippen molar-refractivity contribution in [1.29, 1.82) is 0 Å². The van der Waals surface area contributed by atoms with Crippen LogP contribution in [0, 0.1) is 15.2 Å². The summed E-state index contributed by atoms with van der Waals surface area (Å²) in [6, 6.07) is 2.23. The first-order valence-corrected chi connectivity index (χ1v) is 5.20. The van der Waals surface area contributed by atoms with Crippen LogP contribution in [-0.4, -0.2) is 12.7 Å². The van der Waals surface area contributed by atoms with Crippen LogP contribution in [0.25, 0.3) is 0 Å². The van der Waals surface area contributed by atoms with Crippen LogP contribution in [0.15, 0.2) is 12.1 Å². The van der Waals surface area contributed by atoms with E-state index in [1.54, 1.807) is 29.5 Å². The van der Waals surface area contributed by atoms with Crippen molar-refractivity contribution >= 4 is 34.4 Å². The molecular formula is C9H8F2INO2. The number of carbonyl (C=O) groups is 1. The number of anilines is 1. The van der Waals surface area contributed by atoms with Crippen LogP contribution in [0.1, 0.15) is 6.92 Å². The van der Waals surface area contributed by atoms with Gasteiger partial charge in [0.15, 0.2) is 11.6 Å². The van der Waals surface area contributed by atoms with Gasteiger partial charge in [-0.15, -0.1) is 0 Å². The molecule has 15 heavy (non-hydrogen) atoms. The standard InChI is InChI=1S/C9H8F2INO2/c1-2-15-9(14)13-8-6(10)3-5(12)4-7(8)11/h3-4H,2H2,1H3,(H,13,14). The fraction of sp³-hybridized carbons (Fsp3) is 0.222. The number of carbonyl (C=O) groups excluding carboxylic acids is 1. The van der Waals surface area contributed by atoms with E-state index in [1.807, 2.05) is 5.32 Å². The molecule has 0 bridgehead atoms. The van der Waals surface area contributed by atoms with Gasteiger partial charge in [0.1, 0.15) is 5.69 Å². The maximum atomic E-state index is 13.2. The van der Waals surface area contributed by atoms with Gasteiger partial charge in [-0.1, -0.05) is 0 Å². The highest BCUT2D eigenvalue weighted by atomic mass is 127. The SMILES string of the molecule is CCOC(=O)Nc1c(F)cc(I)cc1F. The lowest BCUT2D eigenvalue weighted by Crippen LogP contribution is -2.15. The van der Waals surface area contributed by atoms with Gasteiger partial charge in [-0.05, 0) is 41.6 Å². The molecule has 0 aromatic heterocycles. The van der Waals surface area contributed by atoms with E-state index in [0.29, 0.717) is 3.57 Å². The average Bonchev–Trinajstić information content (AvgIpc) is 2.11. The Bertz CT molecular complexity index is 361. The Hall–Kier alpha value is -0.920. The zero-order valence-electron chi connectivity index (χ0n) is 7.81. The van der Waals surface area contributed by atoms with Gasteiger partial charge < -0.3 is 4.74 Å². The van der Waals surface area contributed by atoms with Gasteiger partial charge in [0, 0.05) is 3.57 Å². The van der Waals surface area contributed by atoms with Gasteiger partial charge in [-0.25, -0.2) is 13.6 Å². The molecule has 3 nitrogen and oxygen atoms in total. The monoisotopic (exact) mass is 327 g/mol. The third-order valence-corrected chi connectivity index (χ3v) is 2.13. The predicted molar refractivity (Wildman–Crippen MR) is 59.7 cm³/mol. The average molecular weight is 327 g/mol. The lowest BCUT2D eigenvalue weighted by Gasteiger charge is -2.07. The van der Waals surface area contributed by atoms with E-state index in [4.69, 9.17) is 0 Å².